The fourth-order valence-corrected chi connectivity index (χ4v) is 3.53. The van der Waals surface area contributed by atoms with Gasteiger partial charge in [0.2, 0.25) is 5.91 Å². The second kappa shape index (κ2) is 8.39. The number of fused-ring (bicyclic) bond motifs is 1. The Morgan fingerprint density at radius 1 is 1.22 bits per heavy atom. The van der Waals surface area contributed by atoms with Crippen LogP contribution in [0.4, 0.5) is 8.78 Å². The smallest absolute Gasteiger partial charge is 0.321 e. The van der Waals surface area contributed by atoms with E-state index in [0.717, 1.165) is 27.6 Å². The quantitative estimate of drug-likeness (QED) is 0.612. The van der Waals surface area contributed by atoms with E-state index < -0.39 is 11.8 Å². The lowest BCUT2D eigenvalue weighted by Gasteiger charge is -2.13. The van der Waals surface area contributed by atoms with Crippen molar-refractivity contribution >= 4 is 28.7 Å². The molecule has 142 valence electrons. The standard InChI is InChI=1S/C19H19F2N3O2S/c1-12(17(25)22-11-13-7-9-14(26-2)10-8-13)27-19-23-15-5-3-4-6-16(15)24(19)18(20)21/h3-10,12,18H,11H2,1-2H3,(H,22,25). The number of rotatable bonds is 7. The van der Waals surface area contributed by atoms with Gasteiger partial charge in [-0.3, -0.25) is 9.36 Å². The summed E-state index contributed by atoms with van der Waals surface area (Å²) in [5.74, 6) is 0.489. The minimum absolute atomic E-state index is 0.123. The number of thioether (sulfide) groups is 1. The zero-order valence-electron chi connectivity index (χ0n) is 14.9. The lowest BCUT2D eigenvalue weighted by Crippen LogP contribution is -2.30. The van der Waals surface area contributed by atoms with Gasteiger partial charge >= 0.3 is 6.55 Å². The Balaban J connectivity index is 1.67. The largest absolute Gasteiger partial charge is 0.497 e. The molecule has 0 spiro atoms. The summed E-state index contributed by atoms with van der Waals surface area (Å²) in [7, 11) is 1.59. The molecule has 27 heavy (non-hydrogen) atoms. The molecule has 3 rings (SSSR count). The molecule has 1 aromatic heterocycles. The molecule has 1 N–H and O–H groups in total. The van der Waals surface area contributed by atoms with Crippen molar-refractivity contribution in [1.29, 1.82) is 0 Å². The number of benzene rings is 2. The molecule has 0 radical (unpaired) electrons. The molecule has 0 fully saturated rings. The number of halogens is 2. The number of methoxy groups -OCH3 is 1. The first-order valence-electron chi connectivity index (χ1n) is 8.32. The van der Waals surface area contributed by atoms with Gasteiger partial charge in [0.05, 0.1) is 23.4 Å². The number of amides is 1. The Morgan fingerprint density at radius 2 is 1.93 bits per heavy atom. The summed E-state index contributed by atoms with van der Waals surface area (Å²) in [5, 5.41) is 2.37. The third-order valence-electron chi connectivity index (χ3n) is 4.04. The zero-order valence-corrected chi connectivity index (χ0v) is 15.7. The predicted octanol–water partition coefficient (Wildman–Crippen LogP) is 4.24. The number of ether oxygens (including phenoxy) is 1. The molecule has 0 saturated carbocycles. The van der Waals surface area contributed by atoms with Crippen LogP contribution in [0.1, 0.15) is 19.0 Å². The molecule has 1 atom stereocenters. The predicted molar refractivity (Wildman–Crippen MR) is 101 cm³/mol. The summed E-state index contributed by atoms with van der Waals surface area (Å²) < 4.78 is 32.9. The Kier molecular flexibility index (Phi) is 5.95. The van der Waals surface area contributed by atoms with Gasteiger partial charge in [-0.25, -0.2) is 4.98 Å². The molecule has 0 bridgehead atoms. The number of imidazole rings is 1. The van der Waals surface area contributed by atoms with Crippen LogP contribution in [0.3, 0.4) is 0 Å². The third kappa shape index (κ3) is 4.39. The lowest BCUT2D eigenvalue weighted by atomic mass is 10.2. The maximum Gasteiger partial charge on any atom is 0.321 e. The number of carbonyl (C=O) groups excluding carboxylic acids is 1. The molecule has 1 amide bonds. The molecule has 1 unspecified atom stereocenters. The van der Waals surface area contributed by atoms with Crippen molar-refractivity contribution in [2.24, 2.45) is 0 Å². The summed E-state index contributed by atoms with van der Waals surface area (Å²) in [6.07, 6.45) is 0. The monoisotopic (exact) mass is 391 g/mol. The van der Waals surface area contributed by atoms with Gasteiger partial charge in [0.15, 0.2) is 5.16 Å². The molecule has 5 nitrogen and oxygen atoms in total. The van der Waals surface area contributed by atoms with Crippen LogP contribution in [-0.2, 0) is 11.3 Å². The van der Waals surface area contributed by atoms with E-state index >= 15 is 0 Å². The van der Waals surface area contributed by atoms with E-state index in [9.17, 15) is 13.6 Å². The van der Waals surface area contributed by atoms with Crippen LogP contribution in [0.5, 0.6) is 5.75 Å². The van der Waals surface area contributed by atoms with E-state index in [4.69, 9.17) is 4.74 Å². The number of alkyl halides is 2. The van der Waals surface area contributed by atoms with Crippen molar-refractivity contribution in [1.82, 2.24) is 14.9 Å². The molecular formula is C19H19F2N3O2S. The lowest BCUT2D eigenvalue weighted by molar-refractivity contribution is -0.120. The van der Waals surface area contributed by atoms with Crippen LogP contribution in [0, 0.1) is 0 Å². The fraction of sp³-hybridized carbons (Fsp3) is 0.263. The molecule has 0 aliphatic heterocycles. The molecule has 0 aliphatic carbocycles. The molecule has 3 aromatic rings. The van der Waals surface area contributed by atoms with Gasteiger partial charge in [0.1, 0.15) is 5.75 Å². The van der Waals surface area contributed by atoms with E-state index in [1.807, 2.05) is 24.3 Å². The molecule has 1 heterocycles. The Bertz CT molecular complexity index is 928. The topological polar surface area (TPSA) is 56.1 Å². The zero-order chi connectivity index (χ0) is 19.4. The number of para-hydroxylation sites is 2. The number of hydrogen-bond donors (Lipinski definition) is 1. The van der Waals surface area contributed by atoms with Crippen LogP contribution >= 0.6 is 11.8 Å². The highest BCUT2D eigenvalue weighted by Crippen LogP contribution is 2.31. The number of nitrogens with zero attached hydrogens (tertiary/aromatic N) is 2. The molecule has 8 heteroatoms. The average molecular weight is 391 g/mol. The maximum absolute atomic E-state index is 13.5. The van der Waals surface area contributed by atoms with Gasteiger partial charge in [-0.2, -0.15) is 8.78 Å². The van der Waals surface area contributed by atoms with Crippen LogP contribution in [0.2, 0.25) is 0 Å². The van der Waals surface area contributed by atoms with Crippen molar-refractivity contribution in [3.63, 3.8) is 0 Å². The Labute approximate surface area is 159 Å². The van der Waals surface area contributed by atoms with Gasteiger partial charge in [0.25, 0.3) is 0 Å². The summed E-state index contributed by atoms with van der Waals surface area (Å²) in [4.78, 5) is 16.6. The van der Waals surface area contributed by atoms with E-state index in [1.54, 1.807) is 38.3 Å². The molecule has 0 saturated heterocycles. The minimum atomic E-state index is -2.73. The second-order valence-electron chi connectivity index (χ2n) is 5.86. The molecule has 0 aliphatic rings. The number of aromatic nitrogens is 2. The molecular weight excluding hydrogens is 372 g/mol. The highest BCUT2D eigenvalue weighted by molar-refractivity contribution is 8.00. The first kappa shape index (κ1) is 19.2. The third-order valence-corrected chi connectivity index (χ3v) is 5.10. The summed E-state index contributed by atoms with van der Waals surface area (Å²) in [6.45, 7) is -0.711. The van der Waals surface area contributed by atoms with Gasteiger partial charge in [-0.05, 0) is 36.8 Å². The van der Waals surface area contributed by atoms with Crippen molar-refractivity contribution in [3.8, 4) is 5.75 Å². The Morgan fingerprint density at radius 3 is 2.59 bits per heavy atom. The SMILES string of the molecule is COc1ccc(CNC(=O)C(C)Sc2nc3ccccc3n2C(F)F)cc1. The number of hydrogen-bond acceptors (Lipinski definition) is 4. The Hall–Kier alpha value is -2.61. The van der Waals surface area contributed by atoms with Crippen molar-refractivity contribution in [2.75, 3.05) is 7.11 Å². The number of carbonyl (C=O) groups is 1. The van der Waals surface area contributed by atoms with Crippen molar-refractivity contribution in [3.05, 3.63) is 54.1 Å². The van der Waals surface area contributed by atoms with Crippen LogP contribution < -0.4 is 10.1 Å². The molecule has 2 aromatic carbocycles. The average Bonchev–Trinajstić information content (AvgIpc) is 3.04. The van der Waals surface area contributed by atoms with Crippen molar-refractivity contribution in [2.45, 2.75) is 30.4 Å². The fourth-order valence-electron chi connectivity index (χ4n) is 2.58. The first-order chi connectivity index (χ1) is 13.0. The highest BCUT2D eigenvalue weighted by atomic mass is 32.2. The first-order valence-corrected chi connectivity index (χ1v) is 9.20. The van der Waals surface area contributed by atoms with E-state index in [0.29, 0.717) is 17.6 Å². The van der Waals surface area contributed by atoms with Crippen molar-refractivity contribution < 1.29 is 18.3 Å². The van der Waals surface area contributed by atoms with Gasteiger partial charge in [-0.15, -0.1) is 0 Å². The van der Waals surface area contributed by atoms with Gasteiger partial charge in [0, 0.05) is 6.54 Å². The second-order valence-corrected chi connectivity index (χ2v) is 7.16. The van der Waals surface area contributed by atoms with Gasteiger partial charge < -0.3 is 10.1 Å². The number of nitrogens with one attached hydrogen (secondary N) is 1. The van der Waals surface area contributed by atoms with E-state index in [-0.39, 0.29) is 11.1 Å². The summed E-state index contributed by atoms with van der Waals surface area (Å²) in [6, 6.07) is 14.0. The highest BCUT2D eigenvalue weighted by Gasteiger charge is 2.22. The summed E-state index contributed by atoms with van der Waals surface area (Å²) >= 11 is 1.01. The van der Waals surface area contributed by atoms with Crippen LogP contribution in [0.25, 0.3) is 11.0 Å². The van der Waals surface area contributed by atoms with Gasteiger partial charge in [-0.1, -0.05) is 36.0 Å². The van der Waals surface area contributed by atoms with Crippen LogP contribution in [0.15, 0.2) is 53.7 Å². The van der Waals surface area contributed by atoms with E-state index in [2.05, 4.69) is 10.3 Å². The van der Waals surface area contributed by atoms with E-state index in [1.165, 1.54) is 0 Å². The van der Waals surface area contributed by atoms with Crippen LogP contribution in [-0.4, -0.2) is 27.8 Å². The minimum Gasteiger partial charge on any atom is -0.497 e. The summed E-state index contributed by atoms with van der Waals surface area (Å²) in [5.41, 5.74) is 1.74. The normalized spacial score (nSPS) is 12.3. The maximum atomic E-state index is 13.5.